The Hall–Kier alpha value is -0.320. The first-order valence-electron chi connectivity index (χ1n) is 7.70. The summed E-state index contributed by atoms with van der Waals surface area (Å²) in [4.78, 5) is 12.3. The van der Waals surface area contributed by atoms with Crippen LogP contribution in [-0.2, 0) is 4.79 Å². The second-order valence-corrected chi connectivity index (χ2v) is 6.08. The van der Waals surface area contributed by atoms with Crippen LogP contribution >= 0.6 is 12.4 Å². The van der Waals surface area contributed by atoms with Crippen molar-refractivity contribution in [2.24, 2.45) is 11.1 Å². The lowest BCUT2D eigenvalue weighted by Gasteiger charge is -2.36. The molecule has 0 aliphatic heterocycles. The van der Waals surface area contributed by atoms with Gasteiger partial charge in [-0.15, -0.1) is 12.4 Å². The maximum Gasteiger partial charge on any atom is 0.240 e. The van der Waals surface area contributed by atoms with Crippen molar-refractivity contribution in [2.45, 2.75) is 70.8 Å². The van der Waals surface area contributed by atoms with E-state index in [1.165, 1.54) is 6.42 Å². The summed E-state index contributed by atoms with van der Waals surface area (Å²) in [5.74, 6) is -0.00332. The molecule has 0 radical (unpaired) electrons. The van der Waals surface area contributed by atoms with E-state index in [2.05, 4.69) is 19.2 Å². The average molecular weight is 307 g/mol. The first-order chi connectivity index (χ1) is 9.02. The van der Waals surface area contributed by atoms with E-state index in [1.807, 2.05) is 0 Å². The molecule has 1 aliphatic carbocycles. The third-order valence-corrected chi connectivity index (χ3v) is 4.96. The molecule has 0 atom stereocenters. The fraction of sp³-hybridized carbons (Fsp3) is 0.933. The lowest BCUT2D eigenvalue weighted by molar-refractivity contribution is -0.128. The zero-order valence-corrected chi connectivity index (χ0v) is 13.7. The fourth-order valence-electron chi connectivity index (χ4n) is 3.03. The van der Waals surface area contributed by atoms with E-state index < -0.39 is 5.54 Å². The first-order valence-corrected chi connectivity index (χ1v) is 7.70. The van der Waals surface area contributed by atoms with Crippen LogP contribution in [0.25, 0.3) is 0 Å². The number of amides is 1. The highest BCUT2D eigenvalue weighted by molar-refractivity contribution is 5.86. The van der Waals surface area contributed by atoms with Gasteiger partial charge in [-0.1, -0.05) is 33.1 Å². The van der Waals surface area contributed by atoms with E-state index in [-0.39, 0.29) is 30.3 Å². The van der Waals surface area contributed by atoms with Crippen molar-refractivity contribution in [2.75, 3.05) is 13.2 Å². The van der Waals surface area contributed by atoms with Crippen LogP contribution in [0, 0.1) is 5.41 Å². The highest BCUT2D eigenvalue weighted by Gasteiger charge is 2.36. The molecule has 120 valence electrons. The normalized spacial score (nSPS) is 18.2. The topological polar surface area (TPSA) is 75.3 Å². The summed E-state index contributed by atoms with van der Waals surface area (Å²) in [6.07, 6.45) is 7.53. The lowest BCUT2D eigenvalue weighted by Crippen LogP contribution is -2.56. The predicted molar refractivity (Wildman–Crippen MR) is 85.0 cm³/mol. The Morgan fingerprint density at radius 3 is 2.25 bits per heavy atom. The molecule has 4 N–H and O–H groups in total. The van der Waals surface area contributed by atoms with Gasteiger partial charge in [0.05, 0.1) is 5.54 Å². The number of aliphatic hydroxyl groups excluding tert-OH is 1. The molecule has 0 aromatic heterocycles. The first kappa shape index (κ1) is 19.7. The molecule has 1 saturated carbocycles. The van der Waals surface area contributed by atoms with Crippen LogP contribution in [0.4, 0.5) is 0 Å². The van der Waals surface area contributed by atoms with Crippen molar-refractivity contribution in [3.63, 3.8) is 0 Å². The van der Waals surface area contributed by atoms with Crippen LogP contribution in [0.1, 0.15) is 65.2 Å². The monoisotopic (exact) mass is 306 g/mol. The minimum absolute atomic E-state index is 0. The Morgan fingerprint density at radius 1 is 1.25 bits per heavy atom. The van der Waals surface area contributed by atoms with Gasteiger partial charge >= 0.3 is 0 Å². The third-order valence-electron chi connectivity index (χ3n) is 4.96. The number of nitrogens with one attached hydrogen (secondary N) is 1. The van der Waals surface area contributed by atoms with Gasteiger partial charge in [0.1, 0.15) is 0 Å². The van der Waals surface area contributed by atoms with Crippen molar-refractivity contribution in [1.29, 1.82) is 0 Å². The van der Waals surface area contributed by atoms with Crippen molar-refractivity contribution in [3.05, 3.63) is 0 Å². The summed E-state index contributed by atoms with van der Waals surface area (Å²) in [5, 5.41) is 12.2. The number of nitrogens with two attached hydrogens (primary N) is 1. The van der Waals surface area contributed by atoms with Crippen molar-refractivity contribution in [3.8, 4) is 0 Å². The number of carbonyl (C=O) groups is 1. The van der Waals surface area contributed by atoms with E-state index in [0.717, 1.165) is 44.9 Å². The second-order valence-electron chi connectivity index (χ2n) is 6.08. The van der Waals surface area contributed by atoms with Gasteiger partial charge in [0.25, 0.3) is 0 Å². The molecule has 0 spiro atoms. The SMILES string of the molecule is CCC(CC)(CCO)CNC(=O)C1(N)CCCCC1.Cl. The third kappa shape index (κ3) is 4.90. The average Bonchev–Trinajstić information content (AvgIpc) is 2.44. The Morgan fingerprint density at radius 2 is 1.80 bits per heavy atom. The molecule has 0 aromatic rings. The van der Waals surface area contributed by atoms with Crippen molar-refractivity contribution < 1.29 is 9.90 Å². The molecule has 0 saturated heterocycles. The number of aliphatic hydroxyl groups is 1. The summed E-state index contributed by atoms with van der Waals surface area (Å²) in [6, 6.07) is 0. The van der Waals surface area contributed by atoms with Gasteiger partial charge in [0.2, 0.25) is 5.91 Å². The summed E-state index contributed by atoms with van der Waals surface area (Å²) < 4.78 is 0. The van der Waals surface area contributed by atoms with Crippen molar-refractivity contribution >= 4 is 18.3 Å². The quantitative estimate of drug-likeness (QED) is 0.676. The molecule has 1 rings (SSSR count). The van der Waals surface area contributed by atoms with Crippen LogP contribution in [0.15, 0.2) is 0 Å². The maximum atomic E-state index is 12.3. The largest absolute Gasteiger partial charge is 0.396 e. The van der Waals surface area contributed by atoms with Gasteiger partial charge in [-0.2, -0.15) is 0 Å². The molecule has 0 unspecified atom stereocenters. The Kier molecular flexibility index (Phi) is 8.71. The summed E-state index contributed by atoms with van der Waals surface area (Å²) in [7, 11) is 0. The van der Waals surface area contributed by atoms with E-state index in [4.69, 9.17) is 5.73 Å². The van der Waals surface area contributed by atoms with Crippen LogP contribution in [0.3, 0.4) is 0 Å². The molecule has 0 bridgehead atoms. The Balaban J connectivity index is 0.00000361. The van der Waals surface area contributed by atoms with Crippen LogP contribution in [-0.4, -0.2) is 29.7 Å². The number of hydrogen-bond donors (Lipinski definition) is 3. The minimum Gasteiger partial charge on any atom is -0.396 e. The maximum absolute atomic E-state index is 12.3. The highest BCUT2D eigenvalue weighted by Crippen LogP contribution is 2.30. The minimum atomic E-state index is -0.662. The molecule has 1 amide bonds. The lowest BCUT2D eigenvalue weighted by atomic mass is 9.78. The Bertz CT molecular complexity index is 288. The van der Waals surface area contributed by atoms with E-state index in [9.17, 15) is 9.90 Å². The van der Waals surface area contributed by atoms with E-state index in [1.54, 1.807) is 0 Å². The smallest absolute Gasteiger partial charge is 0.240 e. The molecule has 1 aliphatic rings. The summed E-state index contributed by atoms with van der Waals surface area (Å²) >= 11 is 0. The standard InChI is InChI=1S/C15H30N2O2.ClH/c1-3-14(4-2,10-11-18)12-17-13(19)15(16)8-6-5-7-9-15;/h18H,3-12,16H2,1-2H3,(H,17,19);1H. The number of halogens is 1. The molecular formula is C15H31ClN2O2. The number of hydrogen-bond acceptors (Lipinski definition) is 3. The van der Waals surface area contributed by atoms with E-state index >= 15 is 0 Å². The fourth-order valence-corrected chi connectivity index (χ4v) is 3.03. The van der Waals surface area contributed by atoms with Crippen molar-refractivity contribution in [1.82, 2.24) is 5.32 Å². The van der Waals surface area contributed by atoms with Gasteiger partial charge in [0.15, 0.2) is 0 Å². The molecule has 4 nitrogen and oxygen atoms in total. The van der Waals surface area contributed by atoms with Crippen LogP contribution < -0.4 is 11.1 Å². The molecule has 5 heteroatoms. The van der Waals surface area contributed by atoms with E-state index in [0.29, 0.717) is 6.54 Å². The number of rotatable bonds is 7. The molecule has 0 heterocycles. The molecule has 0 aromatic carbocycles. The summed E-state index contributed by atoms with van der Waals surface area (Å²) in [6.45, 7) is 5.03. The molecular weight excluding hydrogens is 276 g/mol. The predicted octanol–water partition coefficient (Wildman–Crippen LogP) is 2.37. The zero-order chi connectivity index (χ0) is 14.4. The zero-order valence-electron chi connectivity index (χ0n) is 12.9. The van der Waals surface area contributed by atoms with Gasteiger partial charge in [0, 0.05) is 13.2 Å². The molecule has 1 fully saturated rings. The second kappa shape index (κ2) is 8.85. The number of carbonyl (C=O) groups excluding carboxylic acids is 1. The Labute approximate surface area is 129 Å². The summed E-state index contributed by atoms with van der Waals surface area (Å²) in [5.41, 5.74) is 5.57. The molecule has 20 heavy (non-hydrogen) atoms. The van der Waals surface area contributed by atoms with Crippen LogP contribution in [0.2, 0.25) is 0 Å². The van der Waals surface area contributed by atoms with Crippen LogP contribution in [0.5, 0.6) is 0 Å². The van der Waals surface area contributed by atoms with Gasteiger partial charge in [-0.05, 0) is 37.5 Å². The van der Waals surface area contributed by atoms with Gasteiger partial charge < -0.3 is 16.2 Å². The highest BCUT2D eigenvalue weighted by atomic mass is 35.5. The van der Waals surface area contributed by atoms with Gasteiger partial charge in [-0.3, -0.25) is 4.79 Å². The van der Waals surface area contributed by atoms with Gasteiger partial charge in [-0.25, -0.2) is 0 Å².